The van der Waals surface area contributed by atoms with Crippen LogP contribution in [-0.4, -0.2) is 17.3 Å². The molecule has 0 radical (unpaired) electrons. The summed E-state index contributed by atoms with van der Waals surface area (Å²) in [5.74, 6) is 0. The minimum atomic E-state index is -0.580. The number of nitrogens with one attached hydrogen (secondary N) is 1. The Hall–Kier alpha value is -0.800. The Morgan fingerprint density at radius 3 is 2.85 bits per heavy atom. The van der Waals surface area contributed by atoms with Crippen LogP contribution in [0, 0.1) is 0 Å². The van der Waals surface area contributed by atoms with Crippen molar-refractivity contribution in [3.8, 4) is 0 Å². The van der Waals surface area contributed by atoms with Crippen LogP contribution in [0.1, 0.15) is 25.8 Å². The average molecular weight is 183 g/mol. The first-order chi connectivity index (χ1) is 6.08. The second kappa shape index (κ2) is 4.44. The molecule has 0 fully saturated rings. The zero-order chi connectivity index (χ0) is 9.73. The lowest BCUT2D eigenvalue weighted by molar-refractivity contribution is 0.0711. The second-order valence-corrected chi connectivity index (χ2v) is 3.87. The minimum Gasteiger partial charge on any atom is -0.472 e. The molecule has 0 saturated carbocycles. The van der Waals surface area contributed by atoms with Gasteiger partial charge in [-0.3, -0.25) is 0 Å². The molecule has 0 saturated heterocycles. The maximum Gasteiger partial charge on any atom is 0.0947 e. The van der Waals surface area contributed by atoms with Gasteiger partial charge in [-0.25, -0.2) is 0 Å². The van der Waals surface area contributed by atoms with Crippen LogP contribution in [0.2, 0.25) is 0 Å². The molecule has 0 atom stereocenters. The van der Waals surface area contributed by atoms with Gasteiger partial charge in [-0.15, -0.1) is 0 Å². The van der Waals surface area contributed by atoms with Gasteiger partial charge in [0.05, 0.1) is 18.1 Å². The number of hydrogen-bond acceptors (Lipinski definition) is 3. The maximum atomic E-state index is 9.42. The van der Waals surface area contributed by atoms with E-state index in [1.54, 1.807) is 12.5 Å². The Morgan fingerprint density at radius 2 is 2.31 bits per heavy atom. The Labute approximate surface area is 78.8 Å². The molecule has 0 aromatic carbocycles. The van der Waals surface area contributed by atoms with E-state index in [1.807, 2.05) is 19.9 Å². The van der Waals surface area contributed by atoms with Crippen LogP contribution in [0.3, 0.4) is 0 Å². The molecule has 0 aliphatic carbocycles. The first-order valence-corrected chi connectivity index (χ1v) is 4.52. The van der Waals surface area contributed by atoms with Crippen LogP contribution in [0.4, 0.5) is 0 Å². The van der Waals surface area contributed by atoms with E-state index < -0.39 is 5.60 Å². The Balaban J connectivity index is 2.09. The predicted octanol–water partition coefficient (Wildman–Crippen LogP) is 1.53. The lowest BCUT2D eigenvalue weighted by Gasteiger charge is -2.16. The molecule has 1 aromatic heterocycles. The van der Waals surface area contributed by atoms with Gasteiger partial charge in [0, 0.05) is 12.1 Å². The summed E-state index contributed by atoms with van der Waals surface area (Å²) in [6.07, 6.45) is 4.13. The van der Waals surface area contributed by atoms with Crippen molar-refractivity contribution >= 4 is 0 Å². The molecule has 3 heteroatoms. The molecule has 1 heterocycles. The highest BCUT2D eigenvalue weighted by Gasteiger charge is 2.10. The van der Waals surface area contributed by atoms with Crippen molar-refractivity contribution in [2.75, 3.05) is 6.54 Å². The molecule has 3 nitrogen and oxygen atoms in total. The molecule has 74 valence electrons. The molecule has 1 aromatic rings. The summed E-state index contributed by atoms with van der Waals surface area (Å²) < 4.78 is 4.92. The summed E-state index contributed by atoms with van der Waals surface area (Å²) in [6.45, 7) is 5.24. The smallest absolute Gasteiger partial charge is 0.0947 e. The second-order valence-electron chi connectivity index (χ2n) is 3.87. The summed E-state index contributed by atoms with van der Waals surface area (Å²) in [7, 11) is 0. The van der Waals surface area contributed by atoms with Crippen molar-refractivity contribution in [3.05, 3.63) is 24.2 Å². The van der Waals surface area contributed by atoms with Crippen molar-refractivity contribution in [3.63, 3.8) is 0 Å². The molecule has 1 rings (SSSR count). The topological polar surface area (TPSA) is 45.4 Å². The zero-order valence-electron chi connectivity index (χ0n) is 8.21. The van der Waals surface area contributed by atoms with Crippen LogP contribution in [0.15, 0.2) is 23.0 Å². The first-order valence-electron chi connectivity index (χ1n) is 4.52. The van der Waals surface area contributed by atoms with E-state index in [9.17, 15) is 5.11 Å². The zero-order valence-corrected chi connectivity index (χ0v) is 8.21. The summed E-state index contributed by atoms with van der Waals surface area (Å²) in [4.78, 5) is 0. The fourth-order valence-electron chi connectivity index (χ4n) is 1.02. The van der Waals surface area contributed by atoms with E-state index in [2.05, 4.69) is 5.32 Å². The fourth-order valence-corrected chi connectivity index (χ4v) is 1.02. The number of hydrogen-bond donors (Lipinski definition) is 2. The van der Waals surface area contributed by atoms with Crippen LogP contribution in [-0.2, 0) is 6.54 Å². The third kappa shape index (κ3) is 4.70. The standard InChI is InChI=1S/C10H17NO2/c1-10(2,12)4-5-11-7-9-3-6-13-8-9/h3,6,8,11-12H,4-5,7H2,1-2H3. The van der Waals surface area contributed by atoms with Gasteiger partial charge in [0.2, 0.25) is 0 Å². The third-order valence-electron chi connectivity index (χ3n) is 1.82. The molecular formula is C10H17NO2. The van der Waals surface area contributed by atoms with Crippen LogP contribution >= 0.6 is 0 Å². The highest BCUT2D eigenvalue weighted by Crippen LogP contribution is 2.05. The van der Waals surface area contributed by atoms with E-state index in [-0.39, 0.29) is 0 Å². The molecule has 0 unspecified atom stereocenters. The van der Waals surface area contributed by atoms with E-state index in [1.165, 1.54) is 0 Å². The monoisotopic (exact) mass is 183 g/mol. The number of furan rings is 1. The number of rotatable bonds is 5. The van der Waals surface area contributed by atoms with Gasteiger partial charge < -0.3 is 14.8 Å². The van der Waals surface area contributed by atoms with Crippen molar-refractivity contribution in [1.29, 1.82) is 0 Å². The van der Waals surface area contributed by atoms with E-state index in [0.717, 1.165) is 25.1 Å². The molecule has 0 aliphatic rings. The SMILES string of the molecule is CC(C)(O)CCNCc1ccoc1. The predicted molar refractivity (Wildman–Crippen MR) is 51.3 cm³/mol. The largest absolute Gasteiger partial charge is 0.472 e. The molecule has 0 amide bonds. The highest BCUT2D eigenvalue weighted by molar-refractivity contribution is 5.04. The van der Waals surface area contributed by atoms with E-state index in [4.69, 9.17) is 4.42 Å². The molecule has 2 N–H and O–H groups in total. The van der Waals surface area contributed by atoms with Gasteiger partial charge >= 0.3 is 0 Å². The third-order valence-corrected chi connectivity index (χ3v) is 1.82. The Bertz CT molecular complexity index is 224. The summed E-state index contributed by atoms with van der Waals surface area (Å²) >= 11 is 0. The maximum absolute atomic E-state index is 9.42. The van der Waals surface area contributed by atoms with Crippen LogP contribution < -0.4 is 5.32 Å². The lowest BCUT2D eigenvalue weighted by Crippen LogP contribution is -2.26. The van der Waals surface area contributed by atoms with E-state index >= 15 is 0 Å². The Morgan fingerprint density at radius 1 is 1.54 bits per heavy atom. The van der Waals surface area contributed by atoms with Crippen molar-refractivity contribution in [2.24, 2.45) is 0 Å². The van der Waals surface area contributed by atoms with Gasteiger partial charge in [0.1, 0.15) is 0 Å². The first kappa shape index (κ1) is 10.3. The number of aliphatic hydroxyl groups is 1. The van der Waals surface area contributed by atoms with Gasteiger partial charge in [-0.1, -0.05) is 0 Å². The molecule has 0 aliphatic heterocycles. The highest BCUT2D eigenvalue weighted by atomic mass is 16.3. The van der Waals surface area contributed by atoms with Crippen molar-refractivity contribution in [1.82, 2.24) is 5.32 Å². The summed E-state index contributed by atoms with van der Waals surface area (Å²) in [5, 5.41) is 12.6. The molecule has 13 heavy (non-hydrogen) atoms. The molecule has 0 spiro atoms. The van der Waals surface area contributed by atoms with Gasteiger partial charge in [-0.2, -0.15) is 0 Å². The molecule has 0 bridgehead atoms. The van der Waals surface area contributed by atoms with Crippen molar-refractivity contribution in [2.45, 2.75) is 32.4 Å². The molecular weight excluding hydrogens is 166 g/mol. The lowest BCUT2D eigenvalue weighted by atomic mass is 10.1. The van der Waals surface area contributed by atoms with Crippen molar-refractivity contribution < 1.29 is 9.52 Å². The van der Waals surface area contributed by atoms with Gasteiger partial charge in [0.15, 0.2) is 0 Å². The van der Waals surface area contributed by atoms with Gasteiger partial charge in [0.25, 0.3) is 0 Å². The van der Waals surface area contributed by atoms with Crippen LogP contribution in [0.5, 0.6) is 0 Å². The van der Waals surface area contributed by atoms with Crippen LogP contribution in [0.25, 0.3) is 0 Å². The normalized spacial score (nSPS) is 11.9. The fraction of sp³-hybridized carbons (Fsp3) is 0.600. The van der Waals surface area contributed by atoms with E-state index in [0.29, 0.717) is 0 Å². The average Bonchev–Trinajstić information content (AvgIpc) is 2.48. The summed E-state index contributed by atoms with van der Waals surface area (Å²) in [5.41, 5.74) is 0.555. The van der Waals surface area contributed by atoms with Gasteiger partial charge in [-0.05, 0) is 32.9 Å². The Kier molecular flexibility index (Phi) is 3.51. The summed E-state index contributed by atoms with van der Waals surface area (Å²) in [6, 6.07) is 1.93. The quantitative estimate of drug-likeness (QED) is 0.680. The minimum absolute atomic E-state index is 0.580.